The number of nitrogens with one attached hydrogen (secondary N) is 2. The number of rotatable bonds is 5. The molecule has 3 rings (SSSR count). The maximum absolute atomic E-state index is 11.9. The third-order valence-corrected chi connectivity index (χ3v) is 3.73. The number of pyridine rings is 1. The molecule has 7 heteroatoms. The van der Waals surface area contributed by atoms with Crippen LogP contribution in [0.25, 0.3) is 22.7 Å². The molecule has 3 aromatic rings. The van der Waals surface area contributed by atoms with E-state index < -0.39 is 12.0 Å². The minimum absolute atomic E-state index is 0.279. The molecule has 7 nitrogen and oxygen atoms in total. The Labute approximate surface area is 149 Å². The summed E-state index contributed by atoms with van der Waals surface area (Å²) in [6.45, 7) is 2.00. The monoisotopic (exact) mass is 350 g/mol. The Morgan fingerprint density at radius 1 is 1.23 bits per heavy atom. The molecule has 0 fully saturated rings. The Hall–Kier alpha value is -3.61. The van der Waals surface area contributed by atoms with E-state index in [-0.39, 0.29) is 6.61 Å². The van der Waals surface area contributed by atoms with E-state index in [4.69, 9.17) is 10.5 Å². The summed E-state index contributed by atoms with van der Waals surface area (Å²) in [5.41, 5.74) is 8.03. The molecular formula is C19H18N4O3. The number of anilines is 1. The van der Waals surface area contributed by atoms with Crippen LogP contribution in [0.1, 0.15) is 18.1 Å². The van der Waals surface area contributed by atoms with Gasteiger partial charge in [0.25, 0.3) is 0 Å². The molecule has 4 N–H and O–H groups in total. The second-order valence-electron chi connectivity index (χ2n) is 5.47. The van der Waals surface area contributed by atoms with Crippen molar-refractivity contribution in [2.24, 2.45) is 5.73 Å². The van der Waals surface area contributed by atoms with E-state index in [1.807, 2.05) is 30.3 Å². The molecule has 1 aromatic carbocycles. The minimum Gasteiger partial charge on any atom is -0.450 e. The fraction of sp³-hybridized carbons (Fsp3) is 0.105. The molecule has 0 aliphatic rings. The van der Waals surface area contributed by atoms with E-state index in [9.17, 15) is 9.59 Å². The molecule has 26 heavy (non-hydrogen) atoms. The van der Waals surface area contributed by atoms with Gasteiger partial charge in [-0.05, 0) is 30.7 Å². The molecule has 132 valence electrons. The number of nitrogens with two attached hydrogens (primary N) is 1. The molecule has 0 bridgehead atoms. The van der Waals surface area contributed by atoms with Gasteiger partial charge < -0.3 is 15.5 Å². The fourth-order valence-corrected chi connectivity index (χ4v) is 2.56. The topological polar surface area (TPSA) is 110 Å². The number of hydrogen-bond acceptors (Lipinski definition) is 4. The predicted molar refractivity (Wildman–Crippen MR) is 100 cm³/mol. The van der Waals surface area contributed by atoms with Crippen LogP contribution in [0.5, 0.6) is 0 Å². The van der Waals surface area contributed by atoms with Gasteiger partial charge in [0.15, 0.2) is 0 Å². The number of hydrogen-bond donors (Lipinski definition) is 3. The number of H-pyrrole nitrogens is 1. The molecule has 2 amide bonds. The largest absolute Gasteiger partial charge is 0.450 e. The predicted octanol–water partition coefficient (Wildman–Crippen LogP) is 3.16. The second kappa shape index (κ2) is 7.52. The summed E-state index contributed by atoms with van der Waals surface area (Å²) < 4.78 is 4.83. The number of carbonyl (C=O) groups excluding carboxylic acids is 2. The van der Waals surface area contributed by atoms with Crippen LogP contribution >= 0.6 is 0 Å². The number of benzene rings is 1. The van der Waals surface area contributed by atoms with Crippen molar-refractivity contribution in [3.8, 4) is 0 Å². The molecule has 0 atom stereocenters. The van der Waals surface area contributed by atoms with E-state index in [0.717, 1.165) is 16.5 Å². The van der Waals surface area contributed by atoms with Gasteiger partial charge in [-0.3, -0.25) is 10.1 Å². The zero-order chi connectivity index (χ0) is 18.5. The van der Waals surface area contributed by atoms with Crippen molar-refractivity contribution in [1.29, 1.82) is 0 Å². The number of nitrogens with zero attached hydrogens (tertiary/aromatic N) is 1. The van der Waals surface area contributed by atoms with Crippen LogP contribution in [0, 0.1) is 0 Å². The molecule has 0 unspecified atom stereocenters. The van der Waals surface area contributed by atoms with Crippen LogP contribution in [0.2, 0.25) is 0 Å². The Bertz CT molecular complexity index is 977. The molecule has 0 aliphatic heterocycles. The normalized spacial score (nSPS) is 11.3. The molecule has 0 aliphatic carbocycles. The summed E-state index contributed by atoms with van der Waals surface area (Å²) in [6, 6.07) is 12.7. The number of amides is 2. The lowest BCUT2D eigenvalue weighted by atomic mass is 10.0. The highest BCUT2D eigenvalue weighted by molar-refractivity contribution is 6.24. The third-order valence-electron chi connectivity index (χ3n) is 3.73. The average Bonchev–Trinajstić information content (AvgIpc) is 3.02. The van der Waals surface area contributed by atoms with Gasteiger partial charge in [-0.2, -0.15) is 0 Å². The van der Waals surface area contributed by atoms with Gasteiger partial charge in [0.2, 0.25) is 5.91 Å². The van der Waals surface area contributed by atoms with E-state index in [1.165, 1.54) is 0 Å². The summed E-state index contributed by atoms with van der Waals surface area (Å²) in [7, 11) is 0. The number of ether oxygens (including phenoxy) is 1. The van der Waals surface area contributed by atoms with Gasteiger partial charge in [0.1, 0.15) is 11.5 Å². The maximum atomic E-state index is 11.9. The number of carbonyl (C=O) groups is 2. The summed E-state index contributed by atoms with van der Waals surface area (Å²) in [5, 5.41) is 3.35. The standard InChI is InChI=1S/C19H18N4O3/c1-2-26-19(25)23-16-9-8-14-13(11-21-18(14)22-16)10-15(17(20)24)12-6-4-3-5-7-12/h3-11H,2H2,1H3,(H2,20,24)(H2,21,22,23,25). The van der Waals surface area contributed by atoms with Crippen LogP contribution in [0.4, 0.5) is 10.6 Å². The molecule has 0 radical (unpaired) electrons. The molecule has 0 saturated heterocycles. The van der Waals surface area contributed by atoms with Crippen molar-refractivity contribution in [2.75, 3.05) is 11.9 Å². The van der Waals surface area contributed by atoms with Gasteiger partial charge in [0.05, 0.1) is 6.61 Å². The highest BCUT2D eigenvalue weighted by atomic mass is 16.5. The first-order valence-electron chi connectivity index (χ1n) is 8.07. The summed E-state index contributed by atoms with van der Waals surface area (Å²) in [5.74, 6) is -0.148. The van der Waals surface area contributed by atoms with Gasteiger partial charge in [0, 0.05) is 22.7 Å². The van der Waals surface area contributed by atoms with Crippen molar-refractivity contribution in [3.63, 3.8) is 0 Å². The number of primary amides is 1. The van der Waals surface area contributed by atoms with Crippen LogP contribution < -0.4 is 11.1 Å². The summed E-state index contributed by atoms with van der Waals surface area (Å²) in [4.78, 5) is 30.7. The maximum Gasteiger partial charge on any atom is 0.412 e. The Morgan fingerprint density at radius 2 is 2.00 bits per heavy atom. The van der Waals surface area contributed by atoms with Crippen molar-refractivity contribution < 1.29 is 14.3 Å². The van der Waals surface area contributed by atoms with E-state index in [1.54, 1.807) is 31.3 Å². The average molecular weight is 350 g/mol. The zero-order valence-corrected chi connectivity index (χ0v) is 14.2. The lowest BCUT2D eigenvalue weighted by Crippen LogP contribution is -2.14. The molecule has 0 spiro atoms. The highest BCUT2D eigenvalue weighted by Gasteiger charge is 2.11. The van der Waals surface area contributed by atoms with Gasteiger partial charge in [-0.15, -0.1) is 0 Å². The van der Waals surface area contributed by atoms with Crippen molar-refractivity contribution in [1.82, 2.24) is 9.97 Å². The van der Waals surface area contributed by atoms with Crippen molar-refractivity contribution in [2.45, 2.75) is 6.92 Å². The highest BCUT2D eigenvalue weighted by Crippen LogP contribution is 2.24. The van der Waals surface area contributed by atoms with Crippen molar-refractivity contribution in [3.05, 3.63) is 59.8 Å². The van der Waals surface area contributed by atoms with E-state index >= 15 is 0 Å². The van der Waals surface area contributed by atoms with Gasteiger partial charge in [-0.1, -0.05) is 30.3 Å². The Balaban J connectivity index is 1.95. The van der Waals surface area contributed by atoms with E-state index in [2.05, 4.69) is 15.3 Å². The first-order valence-corrected chi connectivity index (χ1v) is 8.07. The second-order valence-corrected chi connectivity index (χ2v) is 5.47. The lowest BCUT2D eigenvalue weighted by Gasteiger charge is -2.05. The quantitative estimate of drug-likeness (QED) is 0.614. The van der Waals surface area contributed by atoms with Crippen LogP contribution in [0.15, 0.2) is 48.7 Å². The zero-order valence-electron chi connectivity index (χ0n) is 14.2. The fourth-order valence-electron chi connectivity index (χ4n) is 2.56. The Morgan fingerprint density at radius 3 is 2.69 bits per heavy atom. The molecule has 2 aromatic heterocycles. The van der Waals surface area contributed by atoms with Gasteiger partial charge >= 0.3 is 6.09 Å². The molecule has 0 saturated carbocycles. The summed E-state index contributed by atoms with van der Waals surface area (Å²) >= 11 is 0. The number of aromatic nitrogens is 2. The number of fused-ring (bicyclic) bond motifs is 1. The number of aromatic amines is 1. The van der Waals surface area contributed by atoms with Crippen LogP contribution in [0.3, 0.4) is 0 Å². The molecular weight excluding hydrogens is 332 g/mol. The van der Waals surface area contributed by atoms with Gasteiger partial charge in [-0.25, -0.2) is 9.78 Å². The van der Waals surface area contributed by atoms with E-state index in [0.29, 0.717) is 17.0 Å². The first kappa shape index (κ1) is 17.2. The SMILES string of the molecule is CCOC(=O)Nc1ccc2c(C=C(C(N)=O)c3ccccc3)c[nH]c2n1. The lowest BCUT2D eigenvalue weighted by molar-refractivity contribution is -0.112. The van der Waals surface area contributed by atoms with Crippen LogP contribution in [-0.2, 0) is 9.53 Å². The smallest absolute Gasteiger partial charge is 0.412 e. The molecule has 2 heterocycles. The first-order chi connectivity index (χ1) is 12.6. The third kappa shape index (κ3) is 3.72. The van der Waals surface area contributed by atoms with Crippen molar-refractivity contribution >= 4 is 40.5 Å². The summed E-state index contributed by atoms with van der Waals surface area (Å²) in [6.07, 6.45) is 2.89. The Kier molecular flexibility index (Phi) is 4.98. The van der Waals surface area contributed by atoms with Crippen LogP contribution in [-0.4, -0.2) is 28.6 Å². The minimum atomic E-state index is -0.564.